The molecule has 0 spiro atoms. The van der Waals surface area contributed by atoms with Crippen LogP contribution in [-0.4, -0.2) is 36.2 Å². The Kier molecular flexibility index (Phi) is 7.69. The summed E-state index contributed by atoms with van der Waals surface area (Å²) in [7, 11) is 1.48. The molecule has 1 fully saturated rings. The van der Waals surface area contributed by atoms with Crippen LogP contribution < -0.4 is 14.8 Å². The largest absolute Gasteiger partial charge is 0.493 e. The molecule has 1 aliphatic rings. The summed E-state index contributed by atoms with van der Waals surface area (Å²) in [6.07, 6.45) is 0.119. The average molecular weight is 527 g/mol. The minimum atomic E-state index is -1.11. The minimum Gasteiger partial charge on any atom is -0.493 e. The van der Waals surface area contributed by atoms with Gasteiger partial charge in [0.2, 0.25) is 5.91 Å². The molecule has 9 heteroatoms. The Labute approximate surface area is 200 Å². The molecule has 1 aliphatic heterocycles. The van der Waals surface area contributed by atoms with Gasteiger partial charge in [-0.25, -0.2) is 4.79 Å². The molecule has 0 unspecified atom stereocenters. The van der Waals surface area contributed by atoms with Crippen molar-refractivity contribution in [2.24, 2.45) is 0 Å². The zero-order valence-electron chi connectivity index (χ0n) is 18.0. The van der Waals surface area contributed by atoms with Gasteiger partial charge in [0.05, 0.1) is 19.3 Å². The smallest absolute Gasteiger partial charge is 0.341 e. The molecule has 2 aromatic rings. The number of benzene rings is 2. The van der Waals surface area contributed by atoms with E-state index >= 15 is 0 Å². The third-order valence-electron chi connectivity index (χ3n) is 5.25. The van der Waals surface area contributed by atoms with Gasteiger partial charge in [0.1, 0.15) is 0 Å². The number of hydrogen-bond acceptors (Lipinski definition) is 5. The van der Waals surface area contributed by atoms with Crippen LogP contribution in [0.15, 0.2) is 40.9 Å². The quantitative estimate of drug-likeness (QED) is 0.524. The summed E-state index contributed by atoms with van der Waals surface area (Å²) < 4.78 is 18.2. The van der Waals surface area contributed by atoms with Crippen molar-refractivity contribution in [2.75, 3.05) is 13.7 Å². The third kappa shape index (κ3) is 5.94. The zero-order valence-corrected chi connectivity index (χ0v) is 20.3. The summed E-state index contributed by atoms with van der Waals surface area (Å²) in [6, 6.07) is 10.9. The van der Waals surface area contributed by atoms with E-state index in [1.807, 2.05) is 31.2 Å². The number of halogens is 2. The van der Waals surface area contributed by atoms with Crippen LogP contribution in [0.5, 0.6) is 11.5 Å². The van der Waals surface area contributed by atoms with Gasteiger partial charge >= 0.3 is 5.97 Å². The molecule has 0 radical (unpaired) electrons. The van der Waals surface area contributed by atoms with E-state index in [1.165, 1.54) is 14.0 Å². The van der Waals surface area contributed by atoms with Crippen LogP contribution >= 0.6 is 27.5 Å². The second-order valence-corrected chi connectivity index (χ2v) is 9.38. The first-order valence-corrected chi connectivity index (χ1v) is 11.2. The van der Waals surface area contributed by atoms with Crippen LogP contribution in [0.3, 0.4) is 0 Å². The molecule has 172 valence electrons. The van der Waals surface area contributed by atoms with Gasteiger partial charge in [0.25, 0.3) is 0 Å². The molecule has 0 bridgehead atoms. The average Bonchev–Trinajstić information content (AvgIpc) is 2.70. The predicted molar refractivity (Wildman–Crippen MR) is 123 cm³/mol. The Bertz CT molecular complexity index is 1020. The summed E-state index contributed by atoms with van der Waals surface area (Å²) in [5.41, 5.74) is 0.927. The Morgan fingerprint density at radius 1 is 1.28 bits per heavy atom. The number of amides is 1. The predicted octanol–water partition coefficient (Wildman–Crippen LogP) is 5.06. The molecule has 3 rings (SSSR count). The van der Waals surface area contributed by atoms with Crippen molar-refractivity contribution in [2.45, 2.75) is 44.4 Å². The molecule has 1 saturated heterocycles. The number of carboxylic acid groups (broad SMARTS) is 1. The van der Waals surface area contributed by atoms with E-state index in [0.717, 1.165) is 10.0 Å². The van der Waals surface area contributed by atoms with Gasteiger partial charge in [-0.3, -0.25) is 4.79 Å². The first-order chi connectivity index (χ1) is 15.1. The van der Waals surface area contributed by atoms with E-state index in [0.29, 0.717) is 34.9 Å². The van der Waals surface area contributed by atoms with Crippen molar-refractivity contribution in [3.05, 3.63) is 57.0 Å². The van der Waals surface area contributed by atoms with E-state index in [2.05, 4.69) is 21.2 Å². The van der Waals surface area contributed by atoms with Gasteiger partial charge in [-0.2, -0.15) is 0 Å². The van der Waals surface area contributed by atoms with Gasteiger partial charge in [0, 0.05) is 40.4 Å². The number of carboxylic acids is 1. The van der Waals surface area contributed by atoms with Crippen LogP contribution in [0.4, 0.5) is 0 Å². The topological polar surface area (TPSA) is 94.1 Å². The maximum atomic E-state index is 12.0. The molecule has 7 nitrogen and oxygen atoms in total. The maximum absolute atomic E-state index is 12.0. The molecule has 1 amide bonds. The third-order valence-corrected chi connectivity index (χ3v) is 5.95. The SMILES string of the molecule is COc1cc(Br)cc([C@H]2C[C@@](C)(NC(C)=O)C[C@@H](c3cccc(Cl)c3)O2)c1OCC(=O)O. The second kappa shape index (κ2) is 10.1. The highest BCUT2D eigenvalue weighted by atomic mass is 79.9. The number of aliphatic carboxylic acids is 1. The van der Waals surface area contributed by atoms with Gasteiger partial charge in [-0.15, -0.1) is 0 Å². The van der Waals surface area contributed by atoms with Crippen molar-refractivity contribution in [1.82, 2.24) is 5.32 Å². The van der Waals surface area contributed by atoms with E-state index in [-0.39, 0.29) is 12.0 Å². The molecule has 0 saturated carbocycles. The van der Waals surface area contributed by atoms with E-state index in [4.69, 9.17) is 30.9 Å². The highest BCUT2D eigenvalue weighted by molar-refractivity contribution is 9.10. The van der Waals surface area contributed by atoms with Crippen molar-refractivity contribution >= 4 is 39.4 Å². The lowest BCUT2D eigenvalue weighted by Crippen LogP contribution is -2.50. The summed E-state index contributed by atoms with van der Waals surface area (Å²) in [5.74, 6) is -0.581. The number of carbonyl (C=O) groups is 2. The van der Waals surface area contributed by atoms with Gasteiger partial charge in [-0.05, 0) is 36.8 Å². The monoisotopic (exact) mass is 525 g/mol. The fraction of sp³-hybridized carbons (Fsp3) is 0.391. The van der Waals surface area contributed by atoms with E-state index in [1.54, 1.807) is 12.1 Å². The summed E-state index contributed by atoms with van der Waals surface area (Å²) in [4.78, 5) is 23.1. The molecular weight excluding hydrogens is 502 g/mol. The summed E-state index contributed by atoms with van der Waals surface area (Å²) in [5, 5.41) is 12.8. The molecule has 2 aromatic carbocycles. The molecule has 32 heavy (non-hydrogen) atoms. The first kappa shape index (κ1) is 24.4. The number of methoxy groups -OCH3 is 1. The molecule has 0 aliphatic carbocycles. The van der Waals surface area contributed by atoms with Crippen molar-refractivity contribution in [1.29, 1.82) is 0 Å². The van der Waals surface area contributed by atoms with Crippen molar-refractivity contribution < 1.29 is 28.9 Å². The number of ether oxygens (including phenoxy) is 3. The Hall–Kier alpha value is -2.29. The summed E-state index contributed by atoms with van der Waals surface area (Å²) >= 11 is 9.68. The molecular formula is C23H25BrClNO6. The van der Waals surface area contributed by atoms with Crippen LogP contribution in [0.25, 0.3) is 0 Å². The van der Waals surface area contributed by atoms with Crippen LogP contribution in [-0.2, 0) is 14.3 Å². The molecule has 2 N–H and O–H groups in total. The maximum Gasteiger partial charge on any atom is 0.341 e. The summed E-state index contributed by atoms with van der Waals surface area (Å²) in [6.45, 7) is 2.92. The van der Waals surface area contributed by atoms with Crippen LogP contribution in [0, 0.1) is 0 Å². The Morgan fingerprint density at radius 3 is 2.62 bits per heavy atom. The number of carbonyl (C=O) groups excluding carboxylic acids is 1. The first-order valence-electron chi connectivity index (χ1n) is 10.0. The Morgan fingerprint density at radius 2 is 2.00 bits per heavy atom. The van der Waals surface area contributed by atoms with Crippen molar-refractivity contribution in [3.63, 3.8) is 0 Å². The lowest BCUT2D eigenvalue weighted by Gasteiger charge is -2.43. The van der Waals surface area contributed by atoms with Gasteiger partial charge < -0.3 is 24.6 Å². The van der Waals surface area contributed by atoms with Gasteiger partial charge in [-0.1, -0.05) is 39.7 Å². The van der Waals surface area contributed by atoms with E-state index < -0.39 is 24.2 Å². The normalized spacial score (nSPS) is 22.8. The highest BCUT2D eigenvalue weighted by Gasteiger charge is 2.41. The molecule has 0 aromatic heterocycles. The number of rotatable bonds is 7. The van der Waals surface area contributed by atoms with Crippen molar-refractivity contribution in [3.8, 4) is 11.5 Å². The van der Waals surface area contributed by atoms with Crippen LogP contribution in [0.2, 0.25) is 5.02 Å². The van der Waals surface area contributed by atoms with Gasteiger partial charge in [0.15, 0.2) is 18.1 Å². The fourth-order valence-corrected chi connectivity index (χ4v) is 4.73. The molecule has 1 heterocycles. The van der Waals surface area contributed by atoms with Crippen LogP contribution in [0.1, 0.15) is 50.0 Å². The zero-order chi connectivity index (χ0) is 23.5. The molecule has 3 atom stereocenters. The Balaban J connectivity index is 2.07. The fourth-order valence-electron chi connectivity index (χ4n) is 4.08. The second-order valence-electron chi connectivity index (χ2n) is 8.03. The number of nitrogens with one attached hydrogen (secondary N) is 1. The lowest BCUT2D eigenvalue weighted by molar-refractivity contribution is -0.139. The number of hydrogen-bond donors (Lipinski definition) is 2. The van der Waals surface area contributed by atoms with E-state index in [9.17, 15) is 9.59 Å². The minimum absolute atomic E-state index is 0.146. The highest BCUT2D eigenvalue weighted by Crippen LogP contribution is 2.48. The lowest BCUT2D eigenvalue weighted by atomic mass is 9.81. The standard InChI is InChI=1S/C23H25BrClNO6/c1-13(27)26-23(2)10-19(14-5-4-6-16(25)7-14)32-20(11-23)17-8-15(24)9-18(30-3)22(17)31-12-21(28)29/h4-9,19-20H,10-12H2,1-3H3,(H,26,27)(H,28,29)/t19-,20+,23-/m0/s1.